The Morgan fingerprint density at radius 3 is 2.58 bits per heavy atom. The number of alkyl halides is 3. The maximum atomic E-state index is 13.8. The van der Waals surface area contributed by atoms with E-state index in [9.17, 15) is 18.0 Å². The lowest BCUT2D eigenvalue weighted by Crippen LogP contribution is -2.32. The van der Waals surface area contributed by atoms with Crippen LogP contribution in [0.3, 0.4) is 0 Å². The quantitative estimate of drug-likeness (QED) is 0.480. The summed E-state index contributed by atoms with van der Waals surface area (Å²) in [7, 11) is 0. The molecule has 2 aromatic rings. The number of halogens is 3. The van der Waals surface area contributed by atoms with Crippen LogP contribution in [0, 0.1) is 0 Å². The van der Waals surface area contributed by atoms with Crippen LogP contribution in [0.1, 0.15) is 44.2 Å². The van der Waals surface area contributed by atoms with Crippen LogP contribution in [0.2, 0.25) is 0 Å². The molecule has 1 aliphatic rings. The zero-order chi connectivity index (χ0) is 23.8. The van der Waals surface area contributed by atoms with Crippen LogP contribution in [0.25, 0.3) is 0 Å². The zero-order valence-corrected chi connectivity index (χ0v) is 18.7. The van der Waals surface area contributed by atoms with Gasteiger partial charge in [-0.3, -0.25) is 4.79 Å². The first-order valence-electron chi connectivity index (χ1n) is 11.0. The molecule has 0 radical (unpaired) electrons. The summed E-state index contributed by atoms with van der Waals surface area (Å²) in [6.45, 7) is 4.64. The molecule has 0 bridgehead atoms. The SMILES string of the molecule is CCOC(=O)CC[C@@H]1C[C@@H](OCC)CN1c1cc(C(F)(F)F)c(OCc2ccccc2)nn1. The van der Waals surface area contributed by atoms with Crippen LogP contribution in [-0.2, 0) is 27.1 Å². The van der Waals surface area contributed by atoms with E-state index >= 15 is 0 Å². The molecule has 0 unspecified atom stereocenters. The highest BCUT2D eigenvalue weighted by atomic mass is 19.4. The van der Waals surface area contributed by atoms with Crippen molar-refractivity contribution in [2.45, 2.75) is 58.0 Å². The molecule has 1 saturated heterocycles. The van der Waals surface area contributed by atoms with Gasteiger partial charge in [0.2, 0.25) is 5.88 Å². The number of ether oxygens (including phenoxy) is 3. The van der Waals surface area contributed by atoms with Gasteiger partial charge in [0.1, 0.15) is 12.2 Å². The third kappa shape index (κ3) is 6.80. The van der Waals surface area contributed by atoms with Crippen molar-refractivity contribution in [1.82, 2.24) is 10.2 Å². The normalized spacial score (nSPS) is 18.4. The van der Waals surface area contributed by atoms with E-state index < -0.39 is 17.6 Å². The Morgan fingerprint density at radius 1 is 1.15 bits per heavy atom. The lowest BCUT2D eigenvalue weighted by Gasteiger charge is -2.25. The number of carbonyl (C=O) groups is 1. The minimum atomic E-state index is -4.67. The lowest BCUT2D eigenvalue weighted by atomic mass is 10.1. The molecule has 2 heterocycles. The third-order valence-corrected chi connectivity index (χ3v) is 5.33. The first-order valence-corrected chi connectivity index (χ1v) is 11.0. The lowest BCUT2D eigenvalue weighted by molar-refractivity contribution is -0.143. The number of hydrogen-bond donors (Lipinski definition) is 0. The van der Waals surface area contributed by atoms with Crippen molar-refractivity contribution in [1.29, 1.82) is 0 Å². The molecule has 7 nitrogen and oxygen atoms in total. The summed E-state index contributed by atoms with van der Waals surface area (Å²) in [5.41, 5.74) is -0.276. The molecule has 1 aliphatic heterocycles. The minimum Gasteiger partial charge on any atom is -0.471 e. The number of esters is 1. The number of anilines is 1. The average Bonchev–Trinajstić information content (AvgIpc) is 3.19. The Kier molecular flexibility index (Phi) is 8.49. The fourth-order valence-corrected chi connectivity index (χ4v) is 3.85. The van der Waals surface area contributed by atoms with Gasteiger partial charge in [-0.05, 0) is 32.3 Å². The Bertz CT molecular complexity index is 912. The number of aromatic nitrogens is 2. The first-order chi connectivity index (χ1) is 15.8. The van der Waals surface area contributed by atoms with Crippen molar-refractivity contribution in [3.63, 3.8) is 0 Å². The second-order valence-corrected chi connectivity index (χ2v) is 7.66. The standard InChI is InChI=1S/C23H28F3N3O4/c1-3-31-18-12-17(10-11-21(30)32-4-2)29(14-18)20-13-19(23(24,25)26)22(28-27-20)33-15-16-8-6-5-7-9-16/h5-9,13,17-18H,3-4,10-12,14-15H2,1-2H3/t17-,18-/m1/s1. The predicted octanol–water partition coefficient (Wildman–Crippen LogP) is 4.40. The Labute approximate surface area is 190 Å². The molecular formula is C23H28F3N3O4. The largest absolute Gasteiger partial charge is 0.471 e. The molecule has 0 aliphatic carbocycles. The summed E-state index contributed by atoms with van der Waals surface area (Å²) in [4.78, 5) is 13.5. The van der Waals surface area contributed by atoms with E-state index in [1.54, 1.807) is 36.1 Å². The molecule has 0 saturated carbocycles. The van der Waals surface area contributed by atoms with E-state index in [1.165, 1.54) is 0 Å². The molecule has 3 rings (SSSR count). The van der Waals surface area contributed by atoms with Crippen LogP contribution in [0.15, 0.2) is 36.4 Å². The summed E-state index contributed by atoms with van der Waals surface area (Å²) >= 11 is 0. The van der Waals surface area contributed by atoms with E-state index in [2.05, 4.69) is 10.2 Å². The molecule has 180 valence electrons. The second kappa shape index (κ2) is 11.3. The summed E-state index contributed by atoms with van der Waals surface area (Å²) in [5, 5.41) is 7.80. The van der Waals surface area contributed by atoms with Crippen LogP contribution in [0.5, 0.6) is 5.88 Å². The van der Waals surface area contributed by atoms with Gasteiger partial charge in [0.25, 0.3) is 0 Å². The highest BCUT2D eigenvalue weighted by Gasteiger charge is 2.39. The smallest absolute Gasteiger partial charge is 0.421 e. The molecule has 1 aromatic heterocycles. The van der Waals surface area contributed by atoms with E-state index in [1.807, 2.05) is 13.0 Å². The zero-order valence-electron chi connectivity index (χ0n) is 18.7. The van der Waals surface area contributed by atoms with E-state index in [4.69, 9.17) is 14.2 Å². The molecule has 2 atom stereocenters. The van der Waals surface area contributed by atoms with Crippen molar-refractivity contribution in [2.75, 3.05) is 24.7 Å². The Morgan fingerprint density at radius 2 is 1.91 bits per heavy atom. The predicted molar refractivity (Wildman–Crippen MR) is 115 cm³/mol. The summed E-state index contributed by atoms with van der Waals surface area (Å²) < 4.78 is 57.5. The highest BCUT2D eigenvalue weighted by molar-refractivity contribution is 5.69. The molecule has 0 amide bonds. The van der Waals surface area contributed by atoms with Crippen molar-refractivity contribution in [3.05, 3.63) is 47.5 Å². The molecule has 1 fully saturated rings. The van der Waals surface area contributed by atoms with Gasteiger partial charge in [0.15, 0.2) is 5.82 Å². The first kappa shape index (κ1) is 24.8. The summed E-state index contributed by atoms with van der Waals surface area (Å²) in [5.74, 6) is -0.840. The van der Waals surface area contributed by atoms with E-state index in [-0.39, 0.29) is 43.6 Å². The van der Waals surface area contributed by atoms with Crippen molar-refractivity contribution >= 4 is 11.8 Å². The number of hydrogen-bond acceptors (Lipinski definition) is 7. The Hall–Kier alpha value is -2.88. The van der Waals surface area contributed by atoms with Gasteiger partial charge in [-0.1, -0.05) is 30.3 Å². The van der Waals surface area contributed by atoms with Crippen LogP contribution < -0.4 is 9.64 Å². The van der Waals surface area contributed by atoms with Gasteiger partial charge in [0, 0.05) is 31.7 Å². The van der Waals surface area contributed by atoms with Gasteiger partial charge in [-0.15, -0.1) is 10.2 Å². The van der Waals surface area contributed by atoms with Gasteiger partial charge in [-0.25, -0.2) is 0 Å². The number of nitrogens with zero attached hydrogens (tertiary/aromatic N) is 3. The van der Waals surface area contributed by atoms with Crippen molar-refractivity contribution in [3.8, 4) is 5.88 Å². The minimum absolute atomic E-state index is 0.0593. The topological polar surface area (TPSA) is 73.8 Å². The maximum Gasteiger partial charge on any atom is 0.421 e. The van der Waals surface area contributed by atoms with Gasteiger partial charge in [0.05, 0.1) is 12.7 Å². The van der Waals surface area contributed by atoms with E-state index in [0.29, 0.717) is 26.0 Å². The van der Waals surface area contributed by atoms with Crippen LogP contribution in [-0.4, -0.2) is 48.1 Å². The molecule has 33 heavy (non-hydrogen) atoms. The fourth-order valence-electron chi connectivity index (χ4n) is 3.85. The number of rotatable bonds is 10. The molecule has 10 heteroatoms. The molecule has 0 N–H and O–H groups in total. The molecule has 1 aromatic carbocycles. The van der Waals surface area contributed by atoms with Gasteiger partial charge in [-0.2, -0.15) is 13.2 Å². The Balaban J connectivity index is 1.81. The summed E-state index contributed by atoms with van der Waals surface area (Å²) in [6.07, 6.45) is -3.70. The van der Waals surface area contributed by atoms with E-state index in [0.717, 1.165) is 11.6 Å². The van der Waals surface area contributed by atoms with Crippen LogP contribution in [0.4, 0.5) is 19.0 Å². The van der Waals surface area contributed by atoms with Gasteiger partial charge >= 0.3 is 12.1 Å². The summed E-state index contributed by atoms with van der Waals surface area (Å²) in [6, 6.07) is 9.59. The van der Waals surface area contributed by atoms with Crippen molar-refractivity contribution < 1.29 is 32.2 Å². The fraction of sp³-hybridized carbons (Fsp3) is 0.522. The monoisotopic (exact) mass is 467 g/mol. The molecule has 0 spiro atoms. The average molecular weight is 467 g/mol. The van der Waals surface area contributed by atoms with Crippen molar-refractivity contribution in [2.24, 2.45) is 0 Å². The number of benzene rings is 1. The third-order valence-electron chi connectivity index (χ3n) is 5.33. The number of carbonyl (C=O) groups excluding carboxylic acids is 1. The highest BCUT2D eigenvalue weighted by Crippen LogP contribution is 2.38. The second-order valence-electron chi connectivity index (χ2n) is 7.66. The van der Waals surface area contributed by atoms with Crippen LogP contribution >= 0.6 is 0 Å². The molecular weight excluding hydrogens is 439 g/mol. The maximum absolute atomic E-state index is 13.8. The van der Waals surface area contributed by atoms with Gasteiger partial charge < -0.3 is 19.1 Å².